The minimum Gasteiger partial charge on any atom is -0.493 e. The summed E-state index contributed by atoms with van der Waals surface area (Å²) < 4.78 is 5.57. The quantitative estimate of drug-likeness (QED) is 0.719. The average molecular weight is 262 g/mol. The molecule has 0 unspecified atom stereocenters. The summed E-state index contributed by atoms with van der Waals surface area (Å²) in [6.07, 6.45) is 0.840. The van der Waals surface area contributed by atoms with E-state index in [0.29, 0.717) is 19.6 Å². The number of para-hydroxylation sites is 1. The first kappa shape index (κ1) is 12.4. The molecule has 0 saturated carbocycles. The molecule has 1 aromatic rings. The van der Waals surface area contributed by atoms with Crippen molar-refractivity contribution >= 4 is 5.91 Å². The lowest BCUT2D eigenvalue weighted by Crippen LogP contribution is -2.43. The second-order valence-electron chi connectivity index (χ2n) is 5.09. The second kappa shape index (κ2) is 5.19. The smallest absolute Gasteiger partial charge is 0.237 e. The first-order valence-corrected chi connectivity index (χ1v) is 6.67. The number of amides is 1. The zero-order valence-corrected chi connectivity index (χ0v) is 10.6. The van der Waals surface area contributed by atoms with Gasteiger partial charge in [0.15, 0.2) is 0 Å². The fourth-order valence-corrected chi connectivity index (χ4v) is 2.68. The third-order valence-corrected chi connectivity index (χ3v) is 3.70. The molecule has 2 aliphatic rings. The van der Waals surface area contributed by atoms with Gasteiger partial charge in [-0.1, -0.05) is 18.2 Å². The standard InChI is InChI=1S/C14H18N2O3/c17-9-7-12(15-8-9)14(18)16-11-5-6-19-13-4-2-1-3-10(11)13/h1-4,9,11-12,15,17H,5-8H2,(H,16,18)/t9-,11-,12-/m1/s1. The van der Waals surface area contributed by atoms with Crippen LogP contribution in [0, 0.1) is 0 Å². The monoisotopic (exact) mass is 262 g/mol. The van der Waals surface area contributed by atoms with Crippen LogP contribution in [-0.4, -0.2) is 36.3 Å². The van der Waals surface area contributed by atoms with Crippen molar-refractivity contribution in [1.29, 1.82) is 0 Å². The van der Waals surface area contributed by atoms with Crippen LogP contribution in [0.15, 0.2) is 24.3 Å². The molecule has 5 heteroatoms. The van der Waals surface area contributed by atoms with E-state index in [4.69, 9.17) is 4.74 Å². The number of β-amino-alcohol motifs (C(OH)–C–C–N with tert-alkyl or cyclic N) is 1. The van der Waals surface area contributed by atoms with Gasteiger partial charge < -0.3 is 20.5 Å². The summed E-state index contributed by atoms with van der Waals surface area (Å²) in [6.45, 7) is 1.10. The topological polar surface area (TPSA) is 70.6 Å². The molecule has 3 rings (SSSR count). The first-order chi connectivity index (χ1) is 9.24. The van der Waals surface area contributed by atoms with Crippen molar-refractivity contribution < 1.29 is 14.6 Å². The first-order valence-electron chi connectivity index (χ1n) is 6.67. The number of hydrogen-bond donors (Lipinski definition) is 3. The molecule has 0 bridgehead atoms. The number of rotatable bonds is 2. The number of aliphatic hydroxyl groups excluding tert-OH is 1. The van der Waals surface area contributed by atoms with Crippen molar-refractivity contribution in [3.05, 3.63) is 29.8 Å². The lowest BCUT2D eigenvalue weighted by Gasteiger charge is -2.27. The van der Waals surface area contributed by atoms with Gasteiger partial charge in [0.05, 0.1) is 24.8 Å². The SMILES string of the molecule is O=C(N[C@@H]1CCOc2ccccc21)[C@H]1C[C@@H](O)CN1. The number of ether oxygens (including phenoxy) is 1. The Labute approximate surface area is 112 Å². The van der Waals surface area contributed by atoms with Crippen LogP contribution in [0.5, 0.6) is 5.75 Å². The maximum Gasteiger partial charge on any atom is 0.237 e. The van der Waals surface area contributed by atoms with E-state index in [1.807, 2.05) is 24.3 Å². The van der Waals surface area contributed by atoms with Crippen molar-refractivity contribution in [1.82, 2.24) is 10.6 Å². The van der Waals surface area contributed by atoms with Gasteiger partial charge in [-0.15, -0.1) is 0 Å². The van der Waals surface area contributed by atoms with E-state index >= 15 is 0 Å². The van der Waals surface area contributed by atoms with Gasteiger partial charge in [-0.3, -0.25) is 4.79 Å². The van der Waals surface area contributed by atoms with Crippen molar-refractivity contribution in [2.24, 2.45) is 0 Å². The molecule has 0 radical (unpaired) electrons. The van der Waals surface area contributed by atoms with E-state index in [9.17, 15) is 9.90 Å². The number of fused-ring (bicyclic) bond motifs is 1. The summed E-state index contributed by atoms with van der Waals surface area (Å²) in [5, 5.41) is 15.5. The normalized spacial score (nSPS) is 29.4. The van der Waals surface area contributed by atoms with Gasteiger partial charge in [-0.25, -0.2) is 0 Å². The van der Waals surface area contributed by atoms with Crippen LogP contribution in [-0.2, 0) is 4.79 Å². The van der Waals surface area contributed by atoms with E-state index in [0.717, 1.165) is 17.7 Å². The minimum atomic E-state index is -0.419. The minimum absolute atomic E-state index is 0.00278. The fourth-order valence-electron chi connectivity index (χ4n) is 2.68. The second-order valence-corrected chi connectivity index (χ2v) is 5.09. The Morgan fingerprint density at radius 2 is 2.26 bits per heavy atom. The summed E-state index contributed by atoms with van der Waals surface area (Å²) >= 11 is 0. The molecule has 19 heavy (non-hydrogen) atoms. The highest BCUT2D eigenvalue weighted by Crippen LogP contribution is 2.31. The summed E-state index contributed by atoms with van der Waals surface area (Å²) in [4.78, 5) is 12.1. The Hall–Kier alpha value is -1.59. The highest BCUT2D eigenvalue weighted by Gasteiger charge is 2.30. The van der Waals surface area contributed by atoms with Crippen LogP contribution in [0.25, 0.3) is 0 Å². The molecule has 3 N–H and O–H groups in total. The predicted octanol–water partition coefficient (Wildman–Crippen LogP) is 0.349. The molecule has 102 valence electrons. The molecule has 0 aromatic heterocycles. The van der Waals surface area contributed by atoms with Gasteiger partial charge in [-0.05, 0) is 12.5 Å². The summed E-state index contributed by atoms with van der Waals surface area (Å²) in [7, 11) is 0. The van der Waals surface area contributed by atoms with Crippen molar-refractivity contribution in [2.45, 2.75) is 31.0 Å². The number of nitrogens with one attached hydrogen (secondary N) is 2. The number of hydrogen-bond acceptors (Lipinski definition) is 4. The Balaban J connectivity index is 1.69. The van der Waals surface area contributed by atoms with E-state index in [1.165, 1.54) is 0 Å². The molecule has 5 nitrogen and oxygen atoms in total. The molecule has 1 saturated heterocycles. The van der Waals surface area contributed by atoms with Crippen LogP contribution >= 0.6 is 0 Å². The van der Waals surface area contributed by atoms with Gasteiger partial charge in [0.25, 0.3) is 0 Å². The zero-order chi connectivity index (χ0) is 13.2. The lowest BCUT2D eigenvalue weighted by atomic mass is 10.00. The van der Waals surface area contributed by atoms with Gasteiger partial charge in [-0.2, -0.15) is 0 Å². The third kappa shape index (κ3) is 2.57. The molecule has 0 spiro atoms. The molecule has 1 amide bonds. The Morgan fingerprint density at radius 1 is 1.42 bits per heavy atom. The number of carbonyl (C=O) groups is 1. The molecular weight excluding hydrogens is 244 g/mol. The van der Waals surface area contributed by atoms with Crippen LogP contribution < -0.4 is 15.4 Å². The van der Waals surface area contributed by atoms with Gasteiger partial charge in [0, 0.05) is 18.5 Å². The highest BCUT2D eigenvalue weighted by atomic mass is 16.5. The number of benzene rings is 1. The molecule has 2 aliphatic heterocycles. The Morgan fingerprint density at radius 3 is 3.05 bits per heavy atom. The van der Waals surface area contributed by atoms with Gasteiger partial charge in [0.1, 0.15) is 5.75 Å². The molecule has 2 heterocycles. The summed E-state index contributed by atoms with van der Waals surface area (Å²) in [5.41, 5.74) is 1.03. The molecular formula is C14H18N2O3. The lowest BCUT2D eigenvalue weighted by molar-refractivity contribution is -0.123. The molecule has 3 atom stereocenters. The highest BCUT2D eigenvalue weighted by molar-refractivity contribution is 5.82. The van der Waals surface area contributed by atoms with Gasteiger partial charge >= 0.3 is 0 Å². The van der Waals surface area contributed by atoms with E-state index < -0.39 is 6.10 Å². The van der Waals surface area contributed by atoms with E-state index in [-0.39, 0.29) is 18.0 Å². The van der Waals surface area contributed by atoms with Crippen LogP contribution in [0.1, 0.15) is 24.4 Å². The third-order valence-electron chi connectivity index (χ3n) is 3.70. The molecule has 0 aliphatic carbocycles. The maximum absolute atomic E-state index is 12.1. The average Bonchev–Trinajstić information content (AvgIpc) is 2.86. The van der Waals surface area contributed by atoms with E-state index in [2.05, 4.69) is 10.6 Å². The van der Waals surface area contributed by atoms with Crippen LogP contribution in [0.4, 0.5) is 0 Å². The number of aliphatic hydroxyl groups is 1. The largest absolute Gasteiger partial charge is 0.493 e. The Bertz CT molecular complexity index is 478. The van der Waals surface area contributed by atoms with Crippen molar-refractivity contribution in [3.63, 3.8) is 0 Å². The molecule has 1 fully saturated rings. The summed E-state index contributed by atoms with van der Waals surface area (Å²) in [5.74, 6) is 0.803. The van der Waals surface area contributed by atoms with Crippen molar-refractivity contribution in [3.8, 4) is 5.75 Å². The Kier molecular flexibility index (Phi) is 3.40. The summed E-state index contributed by atoms with van der Waals surface area (Å²) in [6, 6.07) is 7.49. The van der Waals surface area contributed by atoms with Gasteiger partial charge in [0.2, 0.25) is 5.91 Å². The van der Waals surface area contributed by atoms with E-state index in [1.54, 1.807) is 0 Å². The molecule has 1 aromatic carbocycles. The predicted molar refractivity (Wildman–Crippen MR) is 69.9 cm³/mol. The van der Waals surface area contributed by atoms with Crippen LogP contribution in [0.2, 0.25) is 0 Å². The number of carbonyl (C=O) groups excluding carboxylic acids is 1. The fraction of sp³-hybridized carbons (Fsp3) is 0.500. The van der Waals surface area contributed by atoms with Crippen LogP contribution in [0.3, 0.4) is 0 Å². The maximum atomic E-state index is 12.1. The zero-order valence-electron chi connectivity index (χ0n) is 10.6. The van der Waals surface area contributed by atoms with Crippen molar-refractivity contribution in [2.75, 3.05) is 13.2 Å².